The monoisotopic (exact) mass is 510 g/mol. The summed E-state index contributed by atoms with van der Waals surface area (Å²) in [5.41, 5.74) is 3.26. The molecular formula is C28H34N2O5S. The van der Waals surface area contributed by atoms with Crippen LogP contribution in [0.2, 0.25) is 0 Å². The number of methoxy groups -OCH3 is 1. The van der Waals surface area contributed by atoms with Crippen molar-refractivity contribution >= 4 is 21.6 Å². The van der Waals surface area contributed by atoms with Gasteiger partial charge in [0.2, 0.25) is 15.9 Å². The molecule has 3 aromatic carbocycles. The highest BCUT2D eigenvalue weighted by Gasteiger charge is 2.25. The number of ether oxygens (including phenoxy) is 2. The number of amides is 1. The van der Waals surface area contributed by atoms with Crippen molar-refractivity contribution < 1.29 is 22.7 Å². The van der Waals surface area contributed by atoms with Crippen LogP contribution in [0.5, 0.6) is 17.2 Å². The molecule has 1 amide bonds. The average Bonchev–Trinajstić information content (AvgIpc) is 2.82. The highest BCUT2D eigenvalue weighted by molar-refractivity contribution is 7.92. The second-order valence-corrected chi connectivity index (χ2v) is 11.0. The molecule has 1 atom stereocenters. The number of para-hydroxylation sites is 3. The zero-order chi connectivity index (χ0) is 26.5. The van der Waals surface area contributed by atoms with Crippen LogP contribution in [0.1, 0.15) is 49.4 Å². The van der Waals surface area contributed by atoms with Crippen molar-refractivity contribution in [3.05, 3.63) is 83.4 Å². The molecule has 8 heteroatoms. The van der Waals surface area contributed by atoms with Gasteiger partial charge in [0, 0.05) is 0 Å². The minimum Gasteiger partial charge on any atom is -0.496 e. The summed E-state index contributed by atoms with van der Waals surface area (Å²) in [6.07, 6.45) is 1.07. The fourth-order valence-electron chi connectivity index (χ4n) is 4.05. The van der Waals surface area contributed by atoms with E-state index in [2.05, 4.69) is 19.2 Å². The molecule has 0 aliphatic heterocycles. The van der Waals surface area contributed by atoms with E-state index in [1.54, 1.807) is 43.5 Å². The minimum absolute atomic E-state index is 0.240. The van der Waals surface area contributed by atoms with Gasteiger partial charge in [-0.3, -0.25) is 9.10 Å². The summed E-state index contributed by atoms with van der Waals surface area (Å²) < 4.78 is 38.0. The Hall–Kier alpha value is -3.52. The van der Waals surface area contributed by atoms with Gasteiger partial charge in [0.25, 0.3) is 0 Å². The fraction of sp³-hybridized carbons (Fsp3) is 0.321. The predicted molar refractivity (Wildman–Crippen MR) is 144 cm³/mol. The van der Waals surface area contributed by atoms with Crippen molar-refractivity contribution in [2.45, 2.75) is 39.7 Å². The van der Waals surface area contributed by atoms with E-state index < -0.39 is 15.9 Å². The van der Waals surface area contributed by atoms with Gasteiger partial charge < -0.3 is 14.8 Å². The van der Waals surface area contributed by atoms with Gasteiger partial charge in [0.1, 0.15) is 18.0 Å². The number of sulfonamides is 1. The van der Waals surface area contributed by atoms with Crippen LogP contribution in [0, 0.1) is 6.92 Å². The molecule has 0 aliphatic rings. The van der Waals surface area contributed by atoms with E-state index >= 15 is 0 Å². The van der Waals surface area contributed by atoms with Gasteiger partial charge in [-0.25, -0.2) is 8.42 Å². The van der Waals surface area contributed by atoms with Gasteiger partial charge in [-0.2, -0.15) is 0 Å². The third kappa shape index (κ3) is 6.57. The molecule has 0 aromatic heterocycles. The van der Waals surface area contributed by atoms with Gasteiger partial charge in [-0.05, 0) is 72.9 Å². The second-order valence-electron chi connectivity index (χ2n) is 9.05. The molecular weight excluding hydrogens is 476 g/mol. The van der Waals surface area contributed by atoms with Crippen molar-refractivity contribution in [2.24, 2.45) is 0 Å². The van der Waals surface area contributed by atoms with Crippen molar-refractivity contribution in [1.29, 1.82) is 0 Å². The van der Waals surface area contributed by atoms with Gasteiger partial charge in [-0.1, -0.05) is 44.2 Å². The third-order valence-electron chi connectivity index (χ3n) is 5.88. The maximum Gasteiger partial charge on any atom is 0.241 e. The molecule has 3 rings (SSSR count). The van der Waals surface area contributed by atoms with Crippen molar-refractivity contribution in [3.8, 4) is 17.2 Å². The first-order valence-electron chi connectivity index (χ1n) is 11.8. The highest BCUT2D eigenvalue weighted by Crippen LogP contribution is 2.34. The number of benzene rings is 3. The molecule has 0 bridgehead atoms. The van der Waals surface area contributed by atoms with Gasteiger partial charge in [0.05, 0.1) is 25.1 Å². The normalized spacial score (nSPS) is 12.2. The van der Waals surface area contributed by atoms with Gasteiger partial charge >= 0.3 is 0 Å². The van der Waals surface area contributed by atoms with E-state index in [-0.39, 0.29) is 24.2 Å². The zero-order valence-electron chi connectivity index (χ0n) is 21.6. The Morgan fingerprint density at radius 1 is 0.944 bits per heavy atom. The number of carbonyl (C=O) groups is 1. The standard InChI is InChI=1S/C28H34N2O5S/c1-19(2)23-17-24(20(3)16-27(23)34-5)21(4)29-28(31)18-30(36(6,32)33)25-14-10-11-15-26(25)35-22-12-8-7-9-13-22/h7-17,19,21H,18H2,1-6H3,(H,29,31)/t21-/m1/s1. The number of nitrogens with one attached hydrogen (secondary N) is 1. The van der Waals surface area contributed by atoms with Crippen molar-refractivity contribution in [3.63, 3.8) is 0 Å². The van der Waals surface area contributed by atoms with Crippen LogP contribution in [0.4, 0.5) is 5.69 Å². The number of anilines is 1. The number of carbonyl (C=O) groups excluding carboxylic acids is 1. The third-order valence-corrected chi connectivity index (χ3v) is 7.00. The van der Waals surface area contributed by atoms with E-state index in [1.165, 1.54) is 0 Å². The Bertz CT molecular complexity index is 1310. The van der Waals surface area contributed by atoms with Crippen LogP contribution >= 0.6 is 0 Å². The lowest BCUT2D eigenvalue weighted by molar-refractivity contribution is -0.120. The molecule has 0 radical (unpaired) electrons. The summed E-state index contributed by atoms with van der Waals surface area (Å²) in [7, 11) is -2.14. The summed E-state index contributed by atoms with van der Waals surface area (Å²) in [5, 5.41) is 2.96. The Morgan fingerprint density at radius 3 is 2.19 bits per heavy atom. The Balaban J connectivity index is 1.85. The maximum atomic E-state index is 13.1. The molecule has 36 heavy (non-hydrogen) atoms. The summed E-state index contributed by atoms with van der Waals surface area (Å²) in [4.78, 5) is 13.1. The van der Waals surface area contributed by atoms with Crippen LogP contribution in [0.3, 0.4) is 0 Å². The first kappa shape index (κ1) is 27.1. The average molecular weight is 511 g/mol. The molecule has 0 spiro atoms. The largest absolute Gasteiger partial charge is 0.496 e. The molecule has 0 aliphatic carbocycles. The number of rotatable bonds is 10. The number of nitrogens with zero attached hydrogens (tertiary/aromatic N) is 1. The SMILES string of the molecule is COc1cc(C)c([C@@H](C)NC(=O)CN(c2ccccc2Oc2ccccc2)S(C)(=O)=O)cc1C(C)C. The lowest BCUT2D eigenvalue weighted by atomic mass is 9.93. The van der Waals surface area contributed by atoms with E-state index in [0.29, 0.717) is 11.5 Å². The fourth-order valence-corrected chi connectivity index (χ4v) is 4.91. The first-order chi connectivity index (χ1) is 17.0. The van der Waals surface area contributed by atoms with E-state index in [4.69, 9.17) is 9.47 Å². The number of hydrogen-bond donors (Lipinski definition) is 1. The lowest BCUT2D eigenvalue weighted by Gasteiger charge is -2.26. The predicted octanol–water partition coefficient (Wildman–Crippen LogP) is 5.56. The second kappa shape index (κ2) is 11.5. The molecule has 7 nitrogen and oxygen atoms in total. The van der Waals surface area contributed by atoms with Crippen LogP contribution in [-0.2, 0) is 14.8 Å². The molecule has 3 aromatic rings. The van der Waals surface area contributed by atoms with Crippen LogP contribution in [0.25, 0.3) is 0 Å². The molecule has 0 unspecified atom stereocenters. The van der Waals surface area contributed by atoms with Crippen LogP contribution in [-0.4, -0.2) is 34.2 Å². The van der Waals surface area contributed by atoms with Gasteiger partial charge in [0.15, 0.2) is 5.75 Å². The van der Waals surface area contributed by atoms with E-state index in [1.807, 2.05) is 44.2 Å². The first-order valence-corrected chi connectivity index (χ1v) is 13.6. The number of aryl methyl sites for hydroxylation is 1. The molecule has 0 saturated carbocycles. The Kier molecular flexibility index (Phi) is 8.63. The summed E-state index contributed by atoms with van der Waals surface area (Å²) in [6, 6.07) is 19.5. The molecule has 0 heterocycles. The van der Waals surface area contributed by atoms with Crippen molar-refractivity contribution in [2.75, 3.05) is 24.2 Å². The molecule has 0 saturated heterocycles. The quantitative estimate of drug-likeness (QED) is 0.386. The Morgan fingerprint density at radius 2 is 1.58 bits per heavy atom. The van der Waals surface area contributed by atoms with Crippen LogP contribution in [0.15, 0.2) is 66.7 Å². The van der Waals surface area contributed by atoms with Crippen LogP contribution < -0.4 is 19.1 Å². The molecule has 0 fully saturated rings. The zero-order valence-corrected chi connectivity index (χ0v) is 22.4. The van der Waals surface area contributed by atoms with Gasteiger partial charge in [-0.15, -0.1) is 0 Å². The maximum absolute atomic E-state index is 13.1. The topological polar surface area (TPSA) is 84.9 Å². The van der Waals surface area contributed by atoms with E-state index in [0.717, 1.165) is 33.0 Å². The summed E-state index contributed by atoms with van der Waals surface area (Å²) in [6.45, 7) is 7.63. The smallest absolute Gasteiger partial charge is 0.241 e. The summed E-state index contributed by atoms with van der Waals surface area (Å²) >= 11 is 0. The highest BCUT2D eigenvalue weighted by atomic mass is 32.2. The minimum atomic E-state index is -3.79. The molecule has 192 valence electrons. The lowest BCUT2D eigenvalue weighted by Crippen LogP contribution is -2.41. The number of hydrogen-bond acceptors (Lipinski definition) is 5. The summed E-state index contributed by atoms with van der Waals surface area (Å²) in [5.74, 6) is 1.52. The Labute approximate surface area is 214 Å². The van der Waals surface area contributed by atoms with E-state index in [9.17, 15) is 13.2 Å². The van der Waals surface area contributed by atoms with Crippen molar-refractivity contribution in [1.82, 2.24) is 5.32 Å². The molecule has 1 N–H and O–H groups in total.